The van der Waals surface area contributed by atoms with Crippen LogP contribution in [0.4, 0.5) is 0 Å². The first-order chi connectivity index (χ1) is 10.0. The maximum absolute atomic E-state index is 11.8. The summed E-state index contributed by atoms with van der Waals surface area (Å²) in [7, 11) is 0. The van der Waals surface area contributed by atoms with Gasteiger partial charge in [-0.1, -0.05) is 31.4 Å². The Morgan fingerprint density at radius 3 is 2.62 bits per heavy atom. The van der Waals surface area contributed by atoms with E-state index in [4.69, 9.17) is 16.7 Å². The molecule has 0 aliphatic rings. The number of nitrogens with zero attached hydrogens (tertiary/aromatic N) is 2. The minimum absolute atomic E-state index is 0.168. The third-order valence-corrected chi connectivity index (χ3v) is 3.37. The van der Waals surface area contributed by atoms with Crippen molar-refractivity contribution in [3.63, 3.8) is 0 Å². The van der Waals surface area contributed by atoms with Crippen LogP contribution < -0.4 is 5.32 Å². The topological polar surface area (TPSA) is 92.2 Å². The number of hydrogen-bond donors (Lipinski definition) is 2. The van der Waals surface area contributed by atoms with Crippen LogP contribution in [0.1, 0.15) is 49.5 Å². The number of aromatic nitrogens is 2. The van der Waals surface area contributed by atoms with Gasteiger partial charge in [0.1, 0.15) is 0 Å². The molecule has 21 heavy (non-hydrogen) atoms. The van der Waals surface area contributed by atoms with Crippen LogP contribution in [0.3, 0.4) is 0 Å². The summed E-state index contributed by atoms with van der Waals surface area (Å²) < 4.78 is 0. The largest absolute Gasteiger partial charge is 0.481 e. The fourth-order valence-electron chi connectivity index (χ4n) is 2.09. The molecule has 0 fully saturated rings. The SMILES string of the molecule is CCCC(CCNC(=O)c1ccc(Cl)nn1)CCC(=O)O. The molecule has 1 aromatic heterocycles. The third kappa shape index (κ3) is 7.04. The van der Waals surface area contributed by atoms with E-state index in [2.05, 4.69) is 22.4 Å². The minimum atomic E-state index is -0.781. The quantitative estimate of drug-likeness (QED) is 0.731. The van der Waals surface area contributed by atoms with Crippen LogP contribution in [0.2, 0.25) is 5.15 Å². The summed E-state index contributed by atoms with van der Waals surface area (Å²) in [5.74, 6) is -0.771. The average molecular weight is 314 g/mol. The highest BCUT2D eigenvalue weighted by molar-refractivity contribution is 6.29. The lowest BCUT2D eigenvalue weighted by atomic mass is 9.94. The molecule has 1 atom stereocenters. The van der Waals surface area contributed by atoms with Crippen LogP contribution >= 0.6 is 11.6 Å². The lowest BCUT2D eigenvalue weighted by Crippen LogP contribution is -2.27. The van der Waals surface area contributed by atoms with Crippen molar-refractivity contribution in [1.29, 1.82) is 0 Å². The molecule has 6 nitrogen and oxygen atoms in total. The van der Waals surface area contributed by atoms with Gasteiger partial charge < -0.3 is 10.4 Å². The lowest BCUT2D eigenvalue weighted by Gasteiger charge is -2.15. The number of carboxylic acid groups (broad SMARTS) is 1. The van der Waals surface area contributed by atoms with E-state index in [1.54, 1.807) is 0 Å². The molecule has 1 amide bonds. The van der Waals surface area contributed by atoms with Gasteiger partial charge in [0, 0.05) is 13.0 Å². The Morgan fingerprint density at radius 2 is 2.05 bits per heavy atom. The Balaban J connectivity index is 2.36. The molecule has 0 radical (unpaired) electrons. The second-order valence-electron chi connectivity index (χ2n) is 4.87. The lowest BCUT2D eigenvalue weighted by molar-refractivity contribution is -0.137. The van der Waals surface area contributed by atoms with Crippen molar-refractivity contribution in [2.75, 3.05) is 6.54 Å². The van der Waals surface area contributed by atoms with E-state index in [-0.39, 0.29) is 23.2 Å². The molecule has 116 valence electrons. The van der Waals surface area contributed by atoms with E-state index in [0.717, 1.165) is 19.3 Å². The first-order valence-corrected chi connectivity index (χ1v) is 7.40. The smallest absolute Gasteiger partial charge is 0.303 e. The Hall–Kier alpha value is -1.69. The number of nitrogens with one attached hydrogen (secondary N) is 1. The minimum Gasteiger partial charge on any atom is -0.481 e. The van der Waals surface area contributed by atoms with Gasteiger partial charge in [-0.3, -0.25) is 9.59 Å². The first kappa shape index (κ1) is 17.4. The van der Waals surface area contributed by atoms with Gasteiger partial charge in [-0.25, -0.2) is 0 Å². The predicted octanol–water partition coefficient (Wildman–Crippen LogP) is 2.53. The van der Waals surface area contributed by atoms with E-state index < -0.39 is 5.97 Å². The Bertz CT molecular complexity index is 465. The first-order valence-electron chi connectivity index (χ1n) is 7.02. The van der Waals surface area contributed by atoms with Gasteiger partial charge in [-0.2, -0.15) is 0 Å². The van der Waals surface area contributed by atoms with Crippen LogP contribution in [0.5, 0.6) is 0 Å². The highest BCUT2D eigenvalue weighted by Crippen LogP contribution is 2.17. The summed E-state index contributed by atoms with van der Waals surface area (Å²) in [5.41, 5.74) is 0.219. The summed E-state index contributed by atoms with van der Waals surface area (Å²) in [6, 6.07) is 3.02. The number of amides is 1. The zero-order chi connectivity index (χ0) is 15.7. The molecule has 0 aliphatic heterocycles. The molecular weight excluding hydrogens is 294 g/mol. The molecule has 1 rings (SSSR count). The van der Waals surface area contributed by atoms with Crippen LogP contribution in [0.15, 0.2) is 12.1 Å². The van der Waals surface area contributed by atoms with E-state index in [1.165, 1.54) is 12.1 Å². The van der Waals surface area contributed by atoms with Gasteiger partial charge in [-0.05, 0) is 30.9 Å². The van der Waals surface area contributed by atoms with Gasteiger partial charge in [0.25, 0.3) is 5.91 Å². The summed E-state index contributed by atoms with van der Waals surface area (Å²) in [6.45, 7) is 2.56. The number of carbonyl (C=O) groups is 2. The number of hydrogen-bond acceptors (Lipinski definition) is 4. The van der Waals surface area contributed by atoms with Gasteiger partial charge in [-0.15, -0.1) is 10.2 Å². The van der Waals surface area contributed by atoms with E-state index in [0.29, 0.717) is 18.9 Å². The van der Waals surface area contributed by atoms with Crippen molar-refractivity contribution in [3.8, 4) is 0 Å². The van der Waals surface area contributed by atoms with Crippen LogP contribution in [-0.4, -0.2) is 33.7 Å². The number of halogens is 1. The molecule has 1 heterocycles. The number of rotatable bonds is 9. The standard InChI is InChI=1S/C14H20ClN3O3/c1-2-3-10(4-7-13(19)20)8-9-16-14(21)11-5-6-12(15)18-17-11/h5-6,10H,2-4,7-9H2,1H3,(H,16,21)(H,19,20). The van der Waals surface area contributed by atoms with Crippen molar-refractivity contribution in [2.24, 2.45) is 5.92 Å². The normalized spacial score (nSPS) is 11.9. The zero-order valence-electron chi connectivity index (χ0n) is 12.0. The predicted molar refractivity (Wildman–Crippen MR) is 79.3 cm³/mol. The molecule has 0 saturated heterocycles. The molecule has 0 spiro atoms. The van der Waals surface area contributed by atoms with Crippen LogP contribution in [0.25, 0.3) is 0 Å². The van der Waals surface area contributed by atoms with Crippen LogP contribution in [-0.2, 0) is 4.79 Å². The van der Waals surface area contributed by atoms with Gasteiger partial charge in [0.2, 0.25) is 0 Å². The summed E-state index contributed by atoms with van der Waals surface area (Å²) in [6.07, 6.45) is 3.53. The molecular formula is C14H20ClN3O3. The fraction of sp³-hybridized carbons (Fsp3) is 0.571. The Labute approximate surface area is 128 Å². The molecule has 7 heteroatoms. The van der Waals surface area contributed by atoms with Crippen molar-refractivity contribution >= 4 is 23.5 Å². The second-order valence-corrected chi connectivity index (χ2v) is 5.26. The molecule has 1 aromatic rings. The van der Waals surface area contributed by atoms with Crippen LogP contribution in [0, 0.1) is 5.92 Å². The van der Waals surface area contributed by atoms with Crippen molar-refractivity contribution in [1.82, 2.24) is 15.5 Å². The molecule has 0 bridgehead atoms. The average Bonchev–Trinajstić information content (AvgIpc) is 2.45. The summed E-state index contributed by atoms with van der Waals surface area (Å²) >= 11 is 5.60. The van der Waals surface area contributed by atoms with E-state index in [9.17, 15) is 9.59 Å². The van der Waals surface area contributed by atoms with E-state index in [1.807, 2.05) is 0 Å². The highest BCUT2D eigenvalue weighted by atomic mass is 35.5. The number of carboxylic acids is 1. The van der Waals surface area contributed by atoms with E-state index >= 15 is 0 Å². The molecule has 0 aromatic carbocycles. The monoisotopic (exact) mass is 313 g/mol. The van der Waals surface area contributed by atoms with Crippen molar-refractivity contribution < 1.29 is 14.7 Å². The van der Waals surface area contributed by atoms with Gasteiger partial charge >= 0.3 is 5.97 Å². The number of aliphatic carboxylic acids is 1. The molecule has 2 N–H and O–H groups in total. The van der Waals surface area contributed by atoms with Crippen molar-refractivity contribution in [3.05, 3.63) is 23.0 Å². The second kappa shape index (κ2) is 9.28. The van der Waals surface area contributed by atoms with Crippen molar-refractivity contribution in [2.45, 2.75) is 39.0 Å². The van der Waals surface area contributed by atoms with Gasteiger partial charge in [0.15, 0.2) is 10.8 Å². The molecule has 0 saturated carbocycles. The van der Waals surface area contributed by atoms with Gasteiger partial charge in [0.05, 0.1) is 0 Å². The summed E-state index contributed by atoms with van der Waals surface area (Å²) in [5, 5.41) is 19.0. The molecule has 1 unspecified atom stereocenters. The maximum atomic E-state index is 11.8. The maximum Gasteiger partial charge on any atom is 0.303 e. The highest BCUT2D eigenvalue weighted by Gasteiger charge is 2.12. The Kier molecular flexibility index (Phi) is 7.68. The fourth-order valence-corrected chi connectivity index (χ4v) is 2.19. The number of carbonyl (C=O) groups excluding carboxylic acids is 1. The molecule has 0 aliphatic carbocycles. The zero-order valence-corrected chi connectivity index (χ0v) is 12.8. The third-order valence-electron chi connectivity index (χ3n) is 3.17. The summed E-state index contributed by atoms with van der Waals surface area (Å²) in [4.78, 5) is 22.4. The Morgan fingerprint density at radius 1 is 1.29 bits per heavy atom.